The Bertz CT molecular complexity index is 233. The summed E-state index contributed by atoms with van der Waals surface area (Å²) >= 11 is 0. The molecular weight excluding hydrogens is 188 g/mol. The minimum Gasteiger partial charge on any atom is -0.300 e. The zero-order valence-electron chi connectivity index (χ0n) is 9.31. The first-order valence-electron chi connectivity index (χ1n) is 6.18. The van der Waals surface area contributed by atoms with E-state index in [0.717, 1.165) is 32.0 Å². The third-order valence-electron chi connectivity index (χ3n) is 3.81. The molecule has 2 rings (SSSR count). The molecule has 0 amide bonds. The second-order valence-electron chi connectivity index (χ2n) is 4.76. The fraction of sp³-hybridized carbons (Fsp3) is 1.00. The molecule has 1 heterocycles. The first-order chi connectivity index (χ1) is 7.40. The summed E-state index contributed by atoms with van der Waals surface area (Å²) in [4.78, 5) is 5.52. The molecule has 0 atom stereocenters. The van der Waals surface area contributed by atoms with Gasteiger partial charge in [-0.15, -0.1) is 0 Å². The van der Waals surface area contributed by atoms with Crippen molar-refractivity contribution in [2.45, 2.75) is 57.0 Å². The number of hydrogen-bond donors (Lipinski definition) is 0. The van der Waals surface area contributed by atoms with Crippen molar-refractivity contribution in [3.8, 4) is 0 Å². The molecule has 4 nitrogen and oxygen atoms in total. The Morgan fingerprint density at radius 1 is 1.00 bits per heavy atom. The Balaban J connectivity index is 1.79. The molecule has 0 radical (unpaired) electrons. The average molecular weight is 208 g/mol. The number of likely N-dealkylation sites (tertiary alicyclic amines) is 1. The van der Waals surface area contributed by atoms with Gasteiger partial charge in [-0.3, -0.25) is 0 Å². The van der Waals surface area contributed by atoms with Crippen molar-refractivity contribution in [1.29, 1.82) is 0 Å². The maximum Gasteiger partial charge on any atom is 0.0398 e. The maximum atomic E-state index is 8.38. The normalized spacial score (nSPS) is 26.1. The van der Waals surface area contributed by atoms with Gasteiger partial charge in [0.1, 0.15) is 0 Å². The summed E-state index contributed by atoms with van der Waals surface area (Å²) in [7, 11) is 0. The van der Waals surface area contributed by atoms with Crippen LogP contribution in [-0.2, 0) is 0 Å². The summed E-state index contributed by atoms with van der Waals surface area (Å²) in [5.74, 6) is 0. The summed E-state index contributed by atoms with van der Waals surface area (Å²) in [5.41, 5.74) is 8.38. The predicted molar refractivity (Wildman–Crippen MR) is 60.6 cm³/mol. The molecule has 0 unspecified atom stereocenters. The van der Waals surface area contributed by atoms with E-state index >= 15 is 0 Å². The van der Waals surface area contributed by atoms with E-state index in [1.807, 2.05) is 0 Å². The highest BCUT2D eigenvalue weighted by Gasteiger charge is 2.25. The van der Waals surface area contributed by atoms with E-state index < -0.39 is 0 Å². The van der Waals surface area contributed by atoms with Crippen LogP contribution in [0.3, 0.4) is 0 Å². The molecule has 0 spiro atoms. The largest absolute Gasteiger partial charge is 0.300 e. The number of azide groups is 1. The quantitative estimate of drug-likeness (QED) is 0.391. The first kappa shape index (κ1) is 10.8. The highest BCUT2D eigenvalue weighted by molar-refractivity contribution is 4.83. The SMILES string of the molecule is [N-]=[N+]=NC1CCN(C2CCCCC2)CC1. The van der Waals surface area contributed by atoms with Crippen molar-refractivity contribution in [1.82, 2.24) is 4.90 Å². The van der Waals surface area contributed by atoms with Crippen molar-refractivity contribution in [2.75, 3.05) is 13.1 Å². The summed E-state index contributed by atoms with van der Waals surface area (Å²) in [6.07, 6.45) is 9.10. The topological polar surface area (TPSA) is 52.0 Å². The van der Waals surface area contributed by atoms with E-state index in [1.54, 1.807) is 0 Å². The van der Waals surface area contributed by atoms with E-state index in [-0.39, 0.29) is 6.04 Å². The van der Waals surface area contributed by atoms with Crippen molar-refractivity contribution >= 4 is 0 Å². The molecule has 15 heavy (non-hydrogen) atoms. The standard InChI is InChI=1S/C11H20N4/c12-14-13-10-6-8-15(9-7-10)11-4-2-1-3-5-11/h10-11H,1-9H2. The van der Waals surface area contributed by atoms with Gasteiger partial charge in [-0.25, -0.2) is 0 Å². The zero-order chi connectivity index (χ0) is 10.5. The van der Waals surface area contributed by atoms with Crippen LogP contribution in [0.4, 0.5) is 0 Å². The fourth-order valence-electron chi connectivity index (χ4n) is 2.89. The summed E-state index contributed by atoms with van der Waals surface area (Å²) in [6.45, 7) is 2.27. The smallest absolute Gasteiger partial charge is 0.0398 e. The van der Waals surface area contributed by atoms with Crippen LogP contribution in [0.25, 0.3) is 10.4 Å². The monoisotopic (exact) mass is 208 g/mol. The van der Waals surface area contributed by atoms with Gasteiger partial charge in [0.05, 0.1) is 0 Å². The molecule has 0 aromatic carbocycles. The molecule has 84 valence electrons. The molecule has 0 N–H and O–H groups in total. The Morgan fingerprint density at radius 2 is 1.67 bits per heavy atom. The van der Waals surface area contributed by atoms with Crippen LogP contribution in [0.15, 0.2) is 5.11 Å². The van der Waals surface area contributed by atoms with Crippen molar-refractivity contribution in [3.63, 3.8) is 0 Å². The Labute approximate surface area is 91.3 Å². The number of nitrogens with zero attached hydrogens (tertiary/aromatic N) is 4. The van der Waals surface area contributed by atoms with E-state index in [1.165, 1.54) is 32.1 Å². The molecule has 1 aliphatic heterocycles. The predicted octanol–water partition coefficient (Wildman–Crippen LogP) is 3.09. The third kappa shape index (κ3) is 2.86. The lowest BCUT2D eigenvalue weighted by Crippen LogP contribution is -2.43. The molecule has 0 aromatic rings. The third-order valence-corrected chi connectivity index (χ3v) is 3.81. The number of hydrogen-bond acceptors (Lipinski definition) is 2. The van der Waals surface area contributed by atoms with Gasteiger partial charge in [0.25, 0.3) is 0 Å². The minimum absolute atomic E-state index is 0.259. The van der Waals surface area contributed by atoms with Gasteiger partial charge in [-0.1, -0.05) is 24.4 Å². The van der Waals surface area contributed by atoms with Gasteiger partial charge in [0.2, 0.25) is 0 Å². The van der Waals surface area contributed by atoms with Crippen LogP contribution in [0.1, 0.15) is 44.9 Å². The number of rotatable bonds is 2. The van der Waals surface area contributed by atoms with E-state index in [9.17, 15) is 0 Å². The van der Waals surface area contributed by atoms with Crippen molar-refractivity contribution < 1.29 is 0 Å². The maximum absolute atomic E-state index is 8.38. The molecule has 0 bridgehead atoms. The van der Waals surface area contributed by atoms with Crippen LogP contribution in [0.5, 0.6) is 0 Å². The highest BCUT2D eigenvalue weighted by atomic mass is 15.2. The van der Waals surface area contributed by atoms with E-state index in [0.29, 0.717) is 0 Å². The van der Waals surface area contributed by atoms with Crippen molar-refractivity contribution in [2.24, 2.45) is 5.11 Å². The lowest BCUT2D eigenvalue weighted by molar-refractivity contribution is 0.123. The fourth-order valence-corrected chi connectivity index (χ4v) is 2.89. The Kier molecular flexibility index (Phi) is 3.87. The summed E-state index contributed by atoms with van der Waals surface area (Å²) < 4.78 is 0. The van der Waals surface area contributed by atoms with Gasteiger partial charge >= 0.3 is 0 Å². The summed E-state index contributed by atoms with van der Waals surface area (Å²) in [6, 6.07) is 1.08. The van der Waals surface area contributed by atoms with Crippen molar-refractivity contribution in [3.05, 3.63) is 10.4 Å². The molecule has 0 aromatic heterocycles. The number of piperidine rings is 1. The second-order valence-corrected chi connectivity index (χ2v) is 4.76. The Hall–Kier alpha value is -0.730. The van der Waals surface area contributed by atoms with Crippen LogP contribution >= 0.6 is 0 Å². The van der Waals surface area contributed by atoms with Gasteiger partial charge in [0, 0.05) is 17.0 Å². The highest BCUT2D eigenvalue weighted by Crippen LogP contribution is 2.25. The molecule has 1 saturated heterocycles. The molecule has 4 heteroatoms. The average Bonchev–Trinajstić information content (AvgIpc) is 2.32. The van der Waals surface area contributed by atoms with Crippen LogP contribution in [0.2, 0.25) is 0 Å². The van der Waals surface area contributed by atoms with E-state index in [2.05, 4.69) is 14.9 Å². The summed E-state index contributed by atoms with van der Waals surface area (Å²) in [5, 5.41) is 3.82. The zero-order valence-corrected chi connectivity index (χ0v) is 9.31. The lowest BCUT2D eigenvalue weighted by atomic mass is 9.92. The molecule has 2 aliphatic rings. The van der Waals surface area contributed by atoms with Gasteiger partial charge < -0.3 is 4.90 Å². The second kappa shape index (κ2) is 5.38. The Morgan fingerprint density at radius 3 is 2.27 bits per heavy atom. The molecular formula is C11H20N4. The van der Waals surface area contributed by atoms with Crippen LogP contribution in [0, 0.1) is 0 Å². The minimum atomic E-state index is 0.259. The van der Waals surface area contributed by atoms with Gasteiger partial charge in [0.15, 0.2) is 0 Å². The lowest BCUT2D eigenvalue weighted by Gasteiger charge is -2.38. The van der Waals surface area contributed by atoms with E-state index in [4.69, 9.17) is 5.53 Å². The first-order valence-corrected chi connectivity index (χ1v) is 6.18. The van der Waals surface area contributed by atoms with Gasteiger partial charge in [-0.05, 0) is 44.3 Å². The van der Waals surface area contributed by atoms with Crippen LogP contribution < -0.4 is 0 Å². The molecule has 2 fully saturated rings. The van der Waals surface area contributed by atoms with Crippen LogP contribution in [-0.4, -0.2) is 30.1 Å². The van der Waals surface area contributed by atoms with Gasteiger partial charge in [-0.2, -0.15) is 0 Å². The molecule has 1 aliphatic carbocycles. The molecule has 1 saturated carbocycles.